The lowest BCUT2D eigenvalue weighted by Gasteiger charge is -2.16. The van der Waals surface area contributed by atoms with Crippen LogP contribution in [0.25, 0.3) is 0 Å². The first-order chi connectivity index (χ1) is 9.58. The second-order valence-electron chi connectivity index (χ2n) is 4.68. The molecule has 4 heteroatoms. The smallest absolute Gasteiger partial charge is 0.101 e. The van der Waals surface area contributed by atoms with E-state index in [1.165, 1.54) is 5.56 Å². The summed E-state index contributed by atoms with van der Waals surface area (Å²) in [5, 5.41) is 12.5. The molecule has 20 heavy (non-hydrogen) atoms. The van der Waals surface area contributed by atoms with Crippen molar-refractivity contribution in [3.05, 3.63) is 62.5 Å². The van der Waals surface area contributed by atoms with Crippen LogP contribution in [0.15, 0.2) is 51.4 Å². The monoisotopic (exact) mass is 392 g/mol. The summed E-state index contributed by atoms with van der Waals surface area (Å²) < 4.78 is 2.05. The van der Waals surface area contributed by atoms with E-state index in [4.69, 9.17) is 5.26 Å². The Bertz CT molecular complexity index is 630. The van der Waals surface area contributed by atoms with Crippen LogP contribution < -0.4 is 5.32 Å². The number of hydrogen-bond acceptors (Lipinski definition) is 2. The second-order valence-corrected chi connectivity index (χ2v) is 6.51. The van der Waals surface area contributed by atoms with Gasteiger partial charge >= 0.3 is 0 Å². The third-order valence-corrected chi connectivity index (χ3v) is 3.98. The molecular formula is C16H14Br2N2. The molecule has 0 aliphatic carbocycles. The predicted octanol–water partition coefficient (Wildman–Crippen LogP) is 5.13. The van der Waals surface area contributed by atoms with Crippen molar-refractivity contribution in [1.82, 2.24) is 0 Å². The van der Waals surface area contributed by atoms with Crippen LogP contribution in [0.1, 0.15) is 18.1 Å². The van der Waals surface area contributed by atoms with Gasteiger partial charge in [-0.1, -0.05) is 44.0 Å². The molecule has 0 bridgehead atoms. The fraction of sp³-hybridized carbons (Fsp3) is 0.188. The highest BCUT2D eigenvalue weighted by molar-refractivity contribution is 9.10. The fourth-order valence-electron chi connectivity index (χ4n) is 2.02. The molecule has 2 aromatic rings. The van der Waals surface area contributed by atoms with Gasteiger partial charge in [-0.3, -0.25) is 0 Å². The molecule has 0 radical (unpaired) electrons. The zero-order valence-electron chi connectivity index (χ0n) is 11.0. The largest absolute Gasteiger partial charge is 0.381 e. The summed E-state index contributed by atoms with van der Waals surface area (Å²) in [4.78, 5) is 0. The lowest BCUT2D eigenvalue weighted by Crippen LogP contribution is -2.18. The quantitative estimate of drug-likeness (QED) is 0.781. The van der Waals surface area contributed by atoms with Gasteiger partial charge in [0.25, 0.3) is 0 Å². The molecule has 0 saturated heterocycles. The lowest BCUT2D eigenvalue weighted by molar-refractivity contribution is 0.789. The normalized spacial score (nSPS) is 11.7. The van der Waals surface area contributed by atoms with Crippen molar-refractivity contribution in [3.63, 3.8) is 0 Å². The standard InChI is InChI=1S/C16H14Br2N2/c1-11(8-12-2-5-14(17)6-3-12)20-16-9-15(18)7-4-13(16)10-19/h2-7,9,11,20H,8H2,1H3. The zero-order valence-corrected chi connectivity index (χ0v) is 14.2. The van der Waals surface area contributed by atoms with E-state index in [0.29, 0.717) is 5.56 Å². The molecule has 2 rings (SSSR count). The van der Waals surface area contributed by atoms with Crippen molar-refractivity contribution in [2.75, 3.05) is 5.32 Å². The summed E-state index contributed by atoms with van der Waals surface area (Å²) in [6.45, 7) is 2.12. The van der Waals surface area contributed by atoms with Gasteiger partial charge < -0.3 is 5.32 Å². The lowest BCUT2D eigenvalue weighted by atomic mass is 10.1. The first-order valence-electron chi connectivity index (χ1n) is 6.29. The minimum atomic E-state index is 0.248. The fourth-order valence-corrected chi connectivity index (χ4v) is 2.65. The Morgan fingerprint density at radius 2 is 1.75 bits per heavy atom. The minimum absolute atomic E-state index is 0.248. The van der Waals surface area contributed by atoms with Gasteiger partial charge in [0.05, 0.1) is 11.3 Å². The van der Waals surface area contributed by atoms with Gasteiger partial charge in [-0.05, 0) is 49.2 Å². The summed E-state index contributed by atoms with van der Waals surface area (Å²) in [6.07, 6.45) is 0.907. The molecule has 2 aromatic carbocycles. The highest BCUT2D eigenvalue weighted by Crippen LogP contribution is 2.22. The Labute approximate surface area is 136 Å². The molecule has 0 fully saturated rings. The van der Waals surface area contributed by atoms with Crippen LogP contribution in [-0.2, 0) is 6.42 Å². The first-order valence-corrected chi connectivity index (χ1v) is 7.87. The molecule has 0 amide bonds. The van der Waals surface area contributed by atoms with Gasteiger partial charge in [-0.25, -0.2) is 0 Å². The van der Waals surface area contributed by atoms with Crippen LogP contribution in [0.5, 0.6) is 0 Å². The average Bonchev–Trinajstić information content (AvgIpc) is 2.41. The molecule has 2 nitrogen and oxygen atoms in total. The van der Waals surface area contributed by atoms with E-state index in [1.807, 2.05) is 30.3 Å². The van der Waals surface area contributed by atoms with Crippen LogP contribution in [0.4, 0.5) is 5.69 Å². The summed E-state index contributed by atoms with van der Waals surface area (Å²) in [6, 6.07) is 16.4. The molecule has 0 aliphatic heterocycles. The topological polar surface area (TPSA) is 35.8 Å². The molecule has 0 saturated carbocycles. The molecule has 1 unspecified atom stereocenters. The molecule has 0 aliphatic rings. The molecule has 1 N–H and O–H groups in total. The Balaban J connectivity index is 2.08. The summed E-state index contributed by atoms with van der Waals surface area (Å²) in [5.74, 6) is 0. The number of rotatable bonds is 4. The van der Waals surface area contributed by atoms with Crippen LogP contribution in [0.3, 0.4) is 0 Å². The van der Waals surface area contributed by atoms with Crippen molar-refractivity contribution in [2.24, 2.45) is 0 Å². The van der Waals surface area contributed by atoms with Crippen LogP contribution in [0, 0.1) is 11.3 Å². The summed E-state index contributed by atoms with van der Waals surface area (Å²) in [7, 11) is 0. The molecular weight excluding hydrogens is 380 g/mol. The van der Waals surface area contributed by atoms with Gasteiger partial charge in [0.2, 0.25) is 0 Å². The van der Waals surface area contributed by atoms with Crippen LogP contribution in [0.2, 0.25) is 0 Å². The van der Waals surface area contributed by atoms with E-state index >= 15 is 0 Å². The molecule has 0 spiro atoms. The van der Waals surface area contributed by atoms with E-state index in [2.05, 4.69) is 62.3 Å². The van der Waals surface area contributed by atoms with Gasteiger partial charge in [0, 0.05) is 15.0 Å². The Morgan fingerprint density at radius 1 is 1.10 bits per heavy atom. The van der Waals surface area contributed by atoms with Crippen LogP contribution >= 0.6 is 31.9 Å². The number of nitrogens with one attached hydrogen (secondary N) is 1. The first kappa shape index (κ1) is 15.1. The average molecular weight is 394 g/mol. The van der Waals surface area contributed by atoms with Gasteiger partial charge in [-0.15, -0.1) is 0 Å². The van der Waals surface area contributed by atoms with E-state index < -0.39 is 0 Å². The van der Waals surface area contributed by atoms with Crippen molar-refractivity contribution < 1.29 is 0 Å². The van der Waals surface area contributed by atoms with Crippen molar-refractivity contribution in [1.29, 1.82) is 5.26 Å². The van der Waals surface area contributed by atoms with Gasteiger partial charge in [0.15, 0.2) is 0 Å². The number of nitrogens with zero attached hydrogens (tertiary/aromatic N) is 1. The maximum atomic E-state index is 9.13. The highest BCUT2D eigenvalue weighted by atomic mass is 79.9. The van der Waals surface area contributed by atoms with Gasteiger partial charge in [0.1, 0.15) is 6.07 Å². The highest BCUT2D eigenvalue weighted by Gasteiger charge is 2.08. The Kier molecular flexibility index (Phi) is 5.22. The molecule has 1 atom stereocenters. The van der Waals surface area contributed by atoms with Crippen molar-refractivity contribution in [2.45, 2.75) is 19.4 Å². The van der Waals surface area contributed by atoms with Crippen molar-refractivity contribution >= 4 is 37.5 Å². The minimum Gasteiger partial charge on any atom is -0.381 e. The molecule has 102 valence electrons. The molecule has 0 aromatic heterocycles. The number of halogens is 2. The number of hydrogen-bond donors (Lipinski definition) is 1. The third kappa shape index (κ3) is 4.09. The van der Waals surface area contributed by atoms with E-state index in [9.17, 15) is 0 Å². The number of anilines is 1. The van der Waals surface area contributed by atoms with Crippen LogP contribution in [-0.4, -0.2) is 6.04 Å². The maximum absolute atomic E-state index is 9.13. The predicted molar refractivity (Wildman–Crippen MR) is 89.8 cm³/mol. The van der Waals surface area contributed by atoms with E-state index in [-0.39, 0.29) is 6.04 Å². The molecule has 0 heterocycles. The van der Waals surface area contributed by atoms with Crippen molar-refractivity contribution in [3.8, 4) is 6.07 Å². The maximum Gasteiger partial charge on any atom is 0.101 e. The Hall–Kier alpha value is -1.31. The number of nitriles is 1. The second kappa shape index (κ2) is 6.92. The van der Waals surface area contributed by atoms with Gasteiger partial charge in [-0.2, -0.15) is 5.26 Å². The number of benzene rings is 2. The summed E-state index contributed by atoms with van der Waals surface area (Å²) in [5.41, 5.74) is 2.80. The Morgan fingerprint density at radius 3 is 2.40 bits per heavy atom. The zero-order chi connectivity index (χ0) is 14.5. The third-order valence-electron chi connectivity index (χ3n) is 2.96. The van der Waals surface area contributed by atoms with E-state index in [1.54, 1.807) is 0 Å². The summed E-state index contributed by atoms with van der Waals surface area (Å²) >= 11 is 6.87. The SMILES string of the molecule is CC(Cc1ccc(Br)cc1)Nc1cc(Br)ccc1C#N. The van der Waals surface area contributed by atoms with E-state index in [0.717, 1.165) is 21.1 Å².